The molecule has 0 unspecified atom stereocenters. The minimum Gasteiger partial charge on any atom is -0.399 e. The second kappa shape index (κ2) is 5.36. The van der Waals surface area contributed by atoms with Gasteiger partial charge in [0, 0.05) is 19.3 Å². The molecule has 1 aliphatic heterocycles. The Bertz CT molecular complexity index is 762. The number of hydrogen-bond donors (Lipinski definition) is 0. The third kappa shape index (κ3) is 2.86. The first-order valence-corrected chi connectivity index (χ1v) is 7.82. The van der Waals surface area contributed by atoms with Crippen molar-refractivity contribution >= 4 is 12.6 Å². The van der Waals surface area contributed by atoms with Crippen LogP contribution in [0.3, 0.4) is 0 Å². The van der Waals surface area contributed by atoms with Gasteiger partial charge in [-0.25, -0.2) is 0 Å². The molecule has 1 saturated heterocycles. The fourth-order valence-electron chi connectivity index (χ4n) is 2.58. The first-order valence-electron chi connectivity index (χ1n) is 7.82. The summed E-state index contributed by atoms with van der Waals surface area (Å²) < 4.78 is 13.7. The van der Waals surface area contributed by atoms with Gasteiger partial charge in [0.1, 0.15) is 0 Å². The van der Waals surface area contributed by atoms with Crippen LogP contribution in [-0.2, 0) is 16.4 Å². The Labute approximate surface area is 137 Å². The number of hydrogen-bond acceptors (Lipinski definition) is 3. The summed E-state index contributed by atoms with van der Waals surface area (Å²) in [6.07, 6.45) is 1.84. The van der Waals surface area contributed by atoms with Crippen LogP contribution >= 0.6 is 0 Å². The van der Waals surface area contributed by atoms with Crippen molar-refractivity contribution < 1.29 is 9.31 Å². The number of benzene rings is 1. The molecule has 0 bridgehead atoms. The predicted octanol–water partition coefficient (Wildman–Crippen LogP) is 2.35. The van der Waals surface area contributed by atoms with Crippen LogP contribution in [-0.4, -0.2) is 22.9 Å². The molecule has 4 nitrogen and oxygen atoms in total. The average Bonchev–Trinajstić information content (AvgIpc) is 2.71. The Morgan fingerprint density at radius 1 is 0.870 bits per heavy atom. The lowest BCUT2D eigenvalue weighted by Gasteiger charge is -2.32. The van der Waals surface area contributed by atoms with Crippen molar-refractivity contribution in [2.45, 2.75) is 38.9 Å². The van der Waals surface area contributed by atoms with E-state index in [0.717, 1.165) is 16.6 Å². The highest BCUT2D eigenvalue weighted by molar-refractivity contribution is 6.62. The lowest BCUT2D eigenvalue weighted by Crippen LogP contribution is -2.41. The van der Waals surface area contributed by atoms with E-state index in [4.69, 9.17) is 9.31 Å². The second-order valence-corrected chi connectivity index (χ2v) is 7.08. The summed E-state index contributed by atoms with van der Waals surface area (Å²) in [5.74, 6) is 0. The Balaban J connectivity index is 1.86. The van der Waals surface area contributed by atoms with Gasteiger partial charge in [-0.1, -0.05) is 24.3 Å². The maximum atomic E-state index is 11.5. The lowest BCUT2D eigenvalue weighted by molar-refractivity contribution is 0.00578. The fraction of sp³-hybridized carbons (Fsp3) is 0.389. The van der Waals surface area contributed by atoms with Gasteiger partial charge < -0.3 is 13.9 Å². The molecular weight excluding hydrogens is 289 g/mol. The highest BCUT2D eigenvalue weighted by Crippen LogP contribution is 2.36. The molecule has 0 atom stereocenters. The third-order valence-electron chi connectivity index (χ3n) is 4.86. The van der Waals surface area contributed by atoms with Crippen LogP contribution in [0, 0.1) is 0 Å². The predicted molar refractivity (Wildman–Crippen MR) is 92.8 cm³/mol. The van der Waals surface area contributed by atoms with Crippen LogP contribution < -0.4 is 11.0 Å². The standard InChI is InChI=1S/C18H22BNO3/c1-17(2)18(3,4)23-19(22-17)15-9-6-13(7-10-15)14-8-11-16(21)20(5)12-14/h6-12H,1-5H3. The van der Waals surface area contributed by atoms with Crippen LogP contribution in [0.15, 0.2) is 47.4 Å². The maximum Gasteiger partial charge on any atom is 0.494 e. The van der Waals surface area contributed by atoms with E-state index >= 15 is 0 Å². The van der Waals surface area contributed by atoms with Crippen LogP contribution in [0.1, 0.15) is 27.7 Å². The molecule has 0 saturated carbocycles. The SMILES string of the molecule is Cn1cc(-c2ccc(B3OC(C)(C)C(C)(C)O3)cc2)ccc1=O. The molecule has 120 valence electrons. The van der Waals surface area contributed by atoms with Gasteiger partial charge in [-0.3, -0.25) is 4.79 Å². The minimum atomic E-state index is -0.353. The van der Waals surface area contributed by atoms with Gasteiger partial charge in [0.15, 0.2) is 0 Å². The lowest BCUT2D eigenvalue weighted by atomic mass is 9.78. The molecule has 1 aromatic carbocycles. The van der Waals surface area contributed by atoms with Gasteiger partial charge in [-0.15, -0.1) is 0 Å². The van der Waals surface area contributed by atoms with Gasteiger partial charge in [0.2, 0.25) is 5.56 Å². The van der Waals surface area contributed by atoms with Crippen LogP contribution in [0.5, 0.6) is 0 Å². The van der Waals surface area contributed by atoms with E-state index in [-0.39, 0.29) is 23.9 Å². The monoisotopic (exact) mass is 311 g/mol. The van der Waals surface area contributed by atoms with E-state index < -0.39 is 0 Å². The average molecular weight is 311 g/mol. The van der Waals surface area contributed by atoms with E-state index in [1.807, 2.05) is 64.2 Å². The molecule has 2 heterocycles. The zero-order valence-electron chi connectivity index (χ0n) is 14.3. The zero-order chi connectivity index (χ0) is 16.8. The van der Waals surface area contributed by atoms with E-state index in [1.165, 1.54) is 0 Å². The molecular formula is C18H22BNO3. The van der Waals surface area contributed by atoms with Crippen LogP contribution in [0.4, 0.5) is 0 Å². The van der Waals surface area contributed by atoms with Crippen molar-refractivity contribution in [3.63, 3.8) is 0 Å². The second-order valence-electron chi connectivity index (χ2n) is 7.08. The van der Waals surface area contributed by atoms with Gasteiger partial charge in [-0.2, -0.15) is 0 Å². The molecule has 23 heavy (non-hydrogen) atoms. The molecule has 0 aliphatic carbocycles. The number of aromatic nitrogens is 1. The first kappa shape index (κ1) is 16.0. The van der Waals surface area contributed by atoms with Crippen molar-refractivity contribution in [1.29, 1.82) is 0 Å². The summed E-state index contributed by atoms with van der Waals surface area (Å²) in [6, 6.07) is 11.5. The molecule has 2 aromatic rings. The Morgan fingerprint density at radius 2 is 1.39 bits per heavy atom. The summed E-state index contributed by atoms with van der Waals surface area (Å²) in [5, 5.41) is 0. The molecule has 0 amide bonds. The Morgan fingerprint density at radius 3 is 1.91 bits per heavy atom. The fourth-order valence-corrected chi connectivity index (χ4v) is 2.58. The zero-order valence-corrected chi connectivity index (χ0v) is 14.3. The highest BCUT2D eigenvalue weighted by Gasteiger charge is 2.51. The molecule has 0 N–H and O–H groups in total. The molecule has 3 rings (SSSR count). The van der Waals surface area contributed by atoms with Crippen LogP contribution in [0.25, 0.3) is 11.1 Å². The number of nitrogens with zero attached hydrogens (tertiary/aromatic N) is 1. The van der Waals surface area contributed by atoms with Crippen LogP contribution in [0.2, 0.25) is 0 Å². The van der Waals surface area contributed by atoms with Gasteiger partial charge in [-0.05, 0) is 50.4 Å². The summed E-state index contributed by atoms with van der Waals surface area (Å²) in [6.45, 7) is 8.19. The molecule has 0 spiro atoms. The molecule has 1 fully saturated rings. The largest absolute Gasteiger partial charge is 0.494 e. The Hall–Kier alpha value is -1.85. The topological polar surface area (TPSA) is 40.5 Å². The number of pyridine rings is 1. The summed E-state index contributed by atoms with van der Waals surface area (Å²) >= 11 is 0. The van der Waals surface area contributed by atoms with Crippen molar-refractivity contribution in [3.8, 4) is 11.1 Å². The smallest absolute Gasteiger partial charge is 0.399 e. The van der Waals surface area contributed by atoms with Gasteiger partial charge >= 0.3 is 7.12 Å². The summed E-state index contributed by atoms with van der Waals surface area (Å²) in [4.78, 5) is 11.5. The number of aryl methyl sites for hydroxylation is 1. The quantitative estimate of drug-likeness (QED) is 0.800. The minimum absolute atomic E-state index is 0.0115. The maximum absolute atomic E-state index is 11.5. The molecule has 0 radical (unpaired) electrons. The van der Waals surface area contributed by atoms with Crippen molar-refractivity contribution in [2.24, 2.45) is 7.05 Å². The van der Waals surface area contributed by atoms with E-state index in [9.17, 15) is 4.79 Å². The number of rotatable bonds is 2. The van der Waals surface area contributed by atoms with Crippen molar-refractivity contribution in [1.82, 2.24) is 4.57 Å². The molecule has 1 aromatic heterocycles. The Kier molecular flexibility index (Phi) is 3.73. The first-order chi connectivity index (χ1) is 10.7. The van der Waals surface area contributed by atoms with Gasteiger partial charge in [0.05, 0.1) is 11.2 Å². The van der Waals surface area contributed by atoms with Crippen molar-refractivity contribution in [3.05, 3.63) is 52.9 Å². The van der Waals surface area contributed by atoms with Gasteiger partial charge in [0.25, 0.3) is 0 Å². The summed E-state index contributed by atoms with van der Waals surface area (Å²) in [7, 11) is 1.40. The van der Waals surface area contributed by atoms with E-state index in [2.05, 4.69) is 0 Å². The molecule has 1 aliphatic rings. The van der Waals surface area contributed by atoms with E-state index in [1.54, 1.807) is 17.7 Å². The highest BCUT2D eigenvalue weighted by atomic mass is 16.7. The van der Waals surface area contributed by atoms with Crippen molar-refractivity contribution in [2.75, 3.05) is 0 Å². The summed E-state index contributed by atoms with van der Waals surface area (Å²) in [5.41, 5.74) is 2.37. The molecule has 5 heteroatoms. The third-order valence-corrected chi connectivity index (χ3v) is 4.86. The normalized spacial score (nSPS) is 19.1. The van der Waals surface area contributed by atoms with E-state index in [0.29, 0.717) is 0 Å².